The largest absolute Gasteiger partial charge is 0.385 e. The molecule has 2 aliphatic rings. The van der Waals surface area contributed by atoms with Gasteiger partial charge in [0.05, 0.1) is 17.9 Å². The van der Waals surface area contributed by atoms with Crippen molar-refractivity contribution in [1.29, 1.82) is 0 Å². The van der Waals surface area contributed by atoms with Crippen LogP contribution < -0.4 is 0 Å². The van der Waals surface area contributed by atoms with E-state index < -0.39 is 0 Å². The van der Waals surface area contributed by atoms with E-state index in [1.54, 1.807) is 7.11 Å². The summed E-state index contributed by atoms with van der Waals surface area (Å²) in [7, 11) is 1.71. The predicted octanol–water partition coefficient (Wildman–Crippen LogP) is 1.54. The van der Waals surface area contributed by atoms with E-state index in [9.17, 15) is 4.79 Å². The van der Waals surface area contributed by atoms with Crippen LogP contribution in [-0.2, 0) is 15.9 Å². The Balaban J connectivity index is 1.67. The summed E-state index contributed by atoms with van der Waals surface area (Å²) < 4.78 is 10.8. The van der Waals surface area contributed by atoms with Crippen molar-refractivity contribution < 1.29 is 14.3 Å². The molecule has 1 N–H and O–H groups in total. The molecule has 3 heterocycles. The van der Waals surface area contributed by atoms with Gasteiger partial charge in [-0.2, -0.15) is 5.10 Å². The second kappa shape index (κ2) is 5.77. The van der Waals surface area contributed by atoms with Gasteiger partial charge in [0.25, 0.3) is 5.91 Å². The van der Waals surface area contributed by atoms with Crippen molar-refractivity contribution in [2.24, 2.45) is 5.92 Å². The molecule has 1 saturated heterocycles. The second-order valence-electron chi connectivity index (χ2n) is 6.12. The number of fused-ring (bicyclic) bond motifs is 1. The summed E-state index contributed by atoms with van der Waals surface area (Å²) in [6.45, 7) is 6.41. The van der Waals surface area contributed by atoms with Gasteiger partial charge in [0.15, 0.2) is 5.69 Å². The number of methoxy groups -OCH3 is 1. The summed E-state index contributed by atoms with van der Waals surface area (Å²) in [6.07, 6.45) is 1.87. The van der Waals surface area contributed by atoms with Crippen LogP contribution in [0.3, 0.4) is 0 Å². The second-order valence-corrected chi connectivity index (χ2v) is 6.12. The summed E-state index contributed by atoms with van der Waals surface area (Å²) in [5.41, 5.74) is 2.57. The van der Waals surface area contributed by atoms with Crippen molar-refractivity contribution in [2.45, 2.75) is 38.9 Å². The highest BCUT2D eigenvalue weighted by Crippen LogP contribution is 2.31. The predicted molar refractivity (Wildman–Crippen MR) is 77.1 cm³/mol. The fourth-order valence-corrected chi connectivity index (χ4v) is 3.20. The third-order valence-electron chi connectivity index (χ3n) is 4.41. The smallest absolute Gasteiger partial charge is 0.274 e. The number of nitrogens with one attached hydrogen (secondary N) is 1. The first-order valence-electron chi connectivity index (χ1n) is 7.61. The monoisotopic (exact) mass is 293 g/mol. The van der Waals surface area contributed by atoms with E-state index in [1.165, 1.54) is 0 Å². The normalized spacial score (nSPS) is 25.6. The lowest BCUT2D eigenvalue weighted by atomic mass is 9.94. The van der Waals surface area contributed by atoms with Crippen LogP contribution in [0.25, 0.3) is 0 Å². The van der Waals surface area contributed by atoms with E-state index in [2.05, 4.69) is 10.2 Å². The average Bonchev–Trinajstić information content (AvgIpc) is 2.80. The first-order chi connectivity index (χ1) is 10.1. The molecule has 1 aromatic rings. The van der Waals surface area contributed by atoms with Gasteiger partial charge in [-0.3, -0.25) is 9.89 Å². The number of hydrogen-bond donors (Lipinski definition) is 1. The molecule has 2 aliphatic heterocycles. The number of ether oxygens (including phenoxy) is 2. The standard InChI is InChI=1S/C15H23N3O3/c1-9-6-12-13(10(2)21-9)16-17-14(12)15(19)18-7-11(8-18)4-5-20-3/h9-11H,4-8H2,1-3H3,(H,16,17)/t9-,10+/m0/s1. The molecule has 1 amide bonds. The number of likely N-dealkylation sites (tertiary alicyclic amines) is 1. The first-order valence-corrected chi connectivity index (χ1v) is 7.61. The van der Waals surface area contributed by atoms with E-state index >= 15 is 0 Å². The van der Waals surface area contributed by atoms with Crippen molar-refractivity contribution in [3.8, 4) is 0 Å². The van der Waals surface area contributed by atoms with Crippen LogP contribution in [0.2, 0.25) is 0 Å². The number of amides is 1. The maximum absolute atomic E-state index is 12.6. The van der Waals surface area contributed by atoms with Gasteiger partial charge in [-0.25, -0.2) is 0 Å². The molecular formula is C15H23N3O3. The van der Waals surface area contributed by atoms with Gasteiger partial charge in [-0.1, -0.05) is 0 Å². The highest BCUT2D eigenvalue weighted by Gasteiger charge is 2.36. The van der Waals surface area contributed by atoms with Crippen LogP contribution in [0.5, 0.6) is 0 Å². The van der Waals surface area contributed by atoms with Gasteiger partial charge in [-0.05, 0) is 26.2 Å². The lowest BCUT2D eigenvalue weighted by Gasteiger charge is -2.39. The molecule has 6 heteroatoms. The van der Waals surface area contributed by atoms with E-state index in [-0.39, 0.29) is 18.1 Å². The summed E-state index contributed by atoms with van der Waals surface area (Å²) >= 11 is 0. The molecule has 0 saturated carbocycles. The third-order valence-corrected chi connectivity index (χ3v) is 4.41. The lowest BCUT2D eigenvalue weighted by Crippen LogP contribution is -2.50. The van der Waals surface area contributed by atoms with Crippen LogP contribution >= 0.6 is 0 Å². The molecule has 21 heavy (non-hydrogen) atoms. The van der Waals surface area contributed by atoms with E-state index in [0.717, 1.165) is 43.8 Å². The summed E-state index contributed by atoms with van der Waals surface area (Å²) in [5, 5.41) is 7.24. The summed E-state index contributed by atoms with van der Waals surface area (Å²) in [6, 6.07) is 0. The van der Waals surface area contributed by atoms with Crippen molar-refractivity contribution in [2.75, 3.05) is 26.8 Å². The summed E-state index contributed by atoms with van der Waals surface area (Å²) in [5.74, 6) is 0.604. The minimum atomic E-state index is -0.0244. The van der Waals surface area contributed by atoms with Gasteiger partial charge in [0.2, 0.25) is 0 Å². The molecule has 0 spiro atoms. The lowest BCUT2D eigenvalue weighted by molar-refractivity contribution is -0.00711. The molecule has 1 aromatic heterocycles. The van der Waals surface area contributed by atoms with E-state index in [4.69, 9.17) is 9.47 Å². The number of carbonyl (C=O) groups excluding carboxylic acids is 1. The zero-order chi connectivity index (χ0) is 15.0. The quantitative estimate of drug-likeness (QED) is 0.914. The van der Waals surface area contributed by atoms with Crippen LogP contribution in [0, 0.1) is 5.92 Å². The van der Waals surface area contributed by atoms with Crippen molar-refractivity contribution in [3.05, 3.63) is 17.0 Å². The Bertz CT molecular complexity index is 522. The van der Waals surface area contributed by atoms with Gasteiger partial charge in [0, 0.05) is 38.8 Å². The van der Waals surface area contributed by atoms with Crippen molar-refractivity contribution in [1.82, 2.24) is 15.1 Å². The van der Waals surface area contributed by atoms with Gasteiger partial charge >= 0.3 is 0 Å². The Hall–Kier alpha value is -1.40. The first kappa shape index (κ1) is 14.5. The SMILES string of the molecule is COCCC1CN(C(=O)c2n[nH]c3c2C[C@H](C)O[C@@H]3C)C1. The maximum Gasteiger partial charge on any atom is 0.274 e. The Labute approximate surface area is 124 Å². The van der Waals surface area contributed by atoms with Crippen molar-refractivity contribution >= 4 is 5.91 Å². The molecule has 3 rings (SSSR count). The van der Waals surface area contributed by atoms with Crippen molar-refractivity contribution in [3.63, 3.8) is 0 Å². The van der Waals surface area contributed by atoms with Crippen LogP contribution in [0.1, 0.15) is 48.1 Å². The topological polar surface area (TPSA) is 67.5 Å². The van der Waals surface area contributed by atoms with Gasteiger partial charge < -0.3 is 14.4 Å². The van der Waals surface area contributed by atoms with Gasteiger partial charge in [-0.15, -0.1) is 0 Å². The highest BCUT2D eigenvalue weighted by atomic mass is 16.5. The molecule has 0 radical (unpaired) electrons. The Morgan fingerprint density at radius 3 is 2.95 bits per heavy atom. The molecule has 0 bridgehead atoms. The third kappa shape index (κ3) is 2.70. The molecule has 2 atom stereocenters. The van der Waals surface area contributed by atoms with E-state index in [1.807, 2.05) is 18.7 Å². The summed E-state index contributed by atoms with van der Waals surface area (Å²) in [4.78, 5) is 14.4. The maximum atomic E-state index is 12.6. The zero-order valence-electron chi connectivity index (χ0n) is 12.9. The zero-order valence-corrected chi connectivity index (χ0v) is 12.9. The minimum Gasteiger partial charge on any atom is -0.385 e. The van der Waals surface area contributed by atoms with Crippen LogP contribution in [0.4, 0.5) is 0 Å². The minimum absolute atomic E-state index is 0.0244. The van der Waals surface area contributed by atoms with Gasteiger partial charge in [0.1, 0.15) is 0 Å². The fourth-order valence-electron chi connectivity index (χ4n) is 3.20. The van der Waals surface area contributed by atoms with Crippen LogP contribution in [-0.4, -0.2) is 53.9 Å². The Morgan fingerprint density at radius 2 is 2.24 bits per heavy atom. The number of rotatable bonds is 4. The molecule has 0 aromatic carbocycles. The molecular weight excluding hydrogens is 270 g/mol. The number of aromatic amines is 1. The number of aromatic nitrogens is 2. The fraction of sp³-hybridized carbons (Fsp3) is 0.733. The Kier molecular flexibility index (Phi) is 3.99. The van der Waals surface area contributed by atoms with Crippen LogP contribution in [0.15, 0.2) is 0 Å². The molecule has 116 valence electrons. The average molecular weight is 293 g/mol. The number of nitrogens with zero attached hydrogens (tertiary/aromatic N) is 2. The number of hydrogen-bond acceptors (Lipinski definition) is 4. The molecule has 6 nitrogen and oxygen atoms in total. The highest BCUT2D eigenvalue weighted by molar-refractivity contribution is 5.94. The number of carbonyl (C=O) groups is 1. The van der Waals surface area contributed by atoms with E-state index in [0.29, 0.717) is 11.6 Å². The molecule has 0 aliphatic carbocycles. The molecule has 0 unspecified atom stereocenters. The molecule has 1 fully saturated rings. The Morgan fingerprint density at radius 1 is 1.48 bits per heavy atom. The number of H-pyrrole nitrogens is 1.